The molecule has 0 aromatic rings. The van der Waals surface area contributed by atoms with Crippen LogP contribution in [0.1, 0.15) is 5.56 Å². The maximum Gasteiger partial charge on any atom is 0 e. The summed E-state index contributed by atoms with van der Waals surface area (Å²) in [6.45, 7) is 2.12. The van der Waals surface area contributed by atoms with Crippen LogP contribution in [-0.4, -0.2) is 4.57 Å². The third kappa shape index (κ3) is 4.13. The van der Waals surface area contributed by atoms with E-state index in [4.69, 9.17) is 0 Å². The van der Waals surface area contributed by atoms with Crippen molar-refractivity contribution >= 4 is 53.2 Å². The van der Waals surface area contributed by atoms with E-state index >= 15 is 0 Å². The number of aryl methyl sites for hydroxylation is 1. The maximum atomic E-state index is 3.48. The summed E-state index contributed by atoms with van der Waals surface area (Å²) in [4.78, 5) is 0. The Balaban J connectivity index is -0.000000360. The molecule has 0 radical (unpaired) electrons. The molecule has 0 saturated carbocycles. The van der Waals surface area contributed by atoms with Crippen LogP contribution < -0.4 is 0 Å². The van der Waals surface area contributed by atoms with E-state index < -0.39 is 0 Å². The van der Waals surface area contributed by atoms with E-state index in [-0.39, 0.29) is 63.4 Å². The zero-order valence-electron chi connectivity index (χ0n) is 8.28. The molecule has 0 unspecified atom stereocenters. The molecule has 0 spiro atoms. The smallest absolute Gasteiger partial charge is 0 e. The van der Waals surface area contributed by atoms with Gasteiger partial charge in [0.2, 0.25) is 0 Å². The Morgan fingerprint density at radius 3 is 2.20 bits per heavy atom. The van der Waals surface area contributed by atoms with Crippen molar-refractivity contribution in [3.05, 3.63) is 28.4 Å². The molecule has 15 heavy (non-hydrogen) atoms. The maximum absolute atomic E-state index is 3.48. The number of fused-ring (bicyclic) bond motifs is 1. The molecule has 0 atom stereocenters. The minimum Gasteiger partial charge on any atom is -0.453 e. The van der Waals surface area contributed by atoms with Crippen LogP contribution >= 0.6 is 53.2 Å². The molecular formula is C9H12BrCl3NZr-. The van der Waals surface area contributed by atoms with Crippen LogP contribution in [0.5, 0.6) is 0 Å². The van der Waals surface area contributed by atoms with Crippen molar-refractivity contribution in [1.82, 2.24) is 4.57 Å². The Bertz CT molecular complexity index is 372. The van der Waals surface area contributed by atoms with Gasteiger partial charge in [0.15, 0.2) is 0 Å². The van der Waals surface area contributed by atoms with Gasteiger partial charge in [-0.1, -0.05) is 5.56 Å². The number of hydrogen-bond acceptors (Lipinski definition) is 0. The number of aromatic nitrogens is 1. The molecule has 0 fully saturated rings. The average Bonchev–Trinajstić information content (AvgIpc) is 2.37. The third-order valence-electron chi connectivity index (χ3n) is 2.00. The predicted molar refractivity (Wildman–Crippen MR) is 71.8 cm³/mol. The second-order valence-electron chi connectivity index (χ2n) is 2.90. The van der Waals surface area contributed by atoms with Gasteiger partial charge < -0.3 is 4.57 Å². The Morgan fingerprint density at radius 2 is 1.73 bits per heavy atom. The van der Waals surface area contributed by atoms with E-state index in [1.54, 1.807) is 0 Å². The van der Waals surface area contributed by atoms with E-state index in [1.165, 1.54) is 16.8 Å². The Kier molecular flexibility index (Phi) is 11.8. The molecule has 0 aromatic carbocycles. The van der Waals surface area contributed by atoms with Crippen LogP contribution in [0.3, 0.4) is 0 Å². The monoisotopic (exact) mass is 408 g/mol. The van der Waals surface area contributed by atoms with Gasteiger partial charge in [-0.25, -0.2) is 0 Å². The molecular weight excluding hydrogens is 400 g/mol. The first kappa shape index (κ1) is 21.4. The van der Waals surface area contributed by atoms with Gasteiger partial charge in [-0.3, -0.25) is 0 Å². The first-order valence-corrected chi connectivity index (χ1v) is 4.36. The second-order valence-corrected chi connectivity index (χ2v) is 3.71. The van der Waals surface area contributed by atoms with Crippen molar-refractivity contribution in [3.8, 4) is 11.3 Å². The fourth-order valence-corrected chi connectivity index (χ4v) is 1.84. The summed E-state index contributed by atoms with van der Waals surface area (Å²) < 4.78 is 3.28. The summed E-state index contributed by atoms with van der Waals surface area (Å²) in [6, 6.07) is 6.53. The van der Waals surface area contributed by atoms with Crippen LogP contribution in [0.2, 0.25) is 0 Å². The van der Waals surface area contributed by atoms with Gasteiger partial charge in [0, 0.05) is 26.2 Å². The van der Waals surface area contributed by atoms with Crippen LogP contribution in [-0.2, 0) is 33.3 Å². The Labute approximate surface area is 136 Å². The summed E-state index contributed by atoms with van der Waals surface area (Å²) in [5, 5.41) is 0. The largest absolute Gasteiger partial charge is 0.453 e. The first-order chi connectivity index (χ1) is 5.18. The zero-order chi connectivity index (χ0) is 8.01. The van der Waals surface area contributed by atoms with Crippen molar-refractivity contribution in [2.75, 3.05) is 0 Å². The molecule has 0 amide bonds. The minimum atomic E-state index is 0. The zero-order valence-corrected chi connectivity index (χ0v) is 14.8. The van der Waals surface area contributed by atoms with Gasteiger partial charge in [-0.2, -0.15) is 5.56 Å². The summed E-state index contributed by atoms with van der Waals surface area (Å²) >= 11 is 3.48. The molecule has 1 heterocycles. The Morgan fingerprint density at radius 1 is 1.20 bits per heavy atom. The fraction of sp³-hybridized carbons (Fsp3) is 0.222. The van der Waals surface area contributed by atoms with Gasteiger partial charge >= 0.3 is 0 Å². The molecule has 0 saturated heterocycles. The summed E-state index contributed by atoms with van der Waals surface area (Å²) in [6.07, 6.45) is 0. The third-order valence-corrected chi connectivity index (χ3v) is 2.76. The molecule has 6 heteroatoms. The van der Waals surface area contributed by atoms with Crippen LogP contribution in [0.25, 0.3) is 11.3 Å². The topological polar surface area (TPSA) is 4.93 Å². The van der Waals surface area contributed by atoms with E-state index in [9.17, 15) is 0 Å². The summed E-state index contributed by atoms with van der Waals surface area (Å²) in [5.41, 5.74) is 3.95. The van der Waals surface area contributed by atoms with Crippen LogP contribution in [0.15, 0.2) is 22.8 Å². The quantitative estimate of drug-likeness (QED) is 0.573. The molecule has 0 aromatic heterocycles. The molecule has 0 N–H and O–H groups in total. The Hall–Kier alpha value is 1.12. The molecule has 1 aliphatic carbocycles. The number of hydrogen-bond donors (Lipinski definition) is 0. The van der Waals surface area contributed by atoms with Gasteiger partial charge in [-0.05, 0) is 18.6 Å². The number of rotatable bonds is 0. The van der Waals surface area contributed by atoms with Crippen molar-refractivity contribution in [2.24, 2.45) is 7.05 Å². The fourth-order valence-electron chi connectivity index (χ4n) is 1.41. The first-order valence-electron chi connectivity index (χ1n) is 3.57. The van der Waals surface area contributed by atoms with E-state index in [0.717, 1.165) is 4.60 Å². The molecule has 2 rings (SSSR count). The molecule has 86 valence electrons. The molecule has 2 aliphatic rings. The van der Waals surface area contributed by atoms with E-state index in [2.05, 4.69) is 52.7 Å². The van der Waals surface area contributed by atoms with Gasteiger partial charge in [-0.15, -0.1) is 77.0 Å². The van der Waals surface area contributed by atoms with Crippen molar-refractivity contribution < 1.29 is 26.2 Å². The average molecular weight is 412 g/mol. The van der Waals surface area contributed by atoms with Crippen LogP contribution in [0.4, 0.5) is 0 Å². The van der Waals surface area contributed by atoms with Gasteiger partial charge in [0.25, 0.3) is 0 Å². The molecule has 1 aliphatic heterocycles. The SMILES string of the molecule is Cc1cc2c[c-](Br)n(C)c-2c1.Cl.Cl.Cl.[Zr]. The predicted octanol–water partition coefficient (Wildman–Crippen LogP) is 4.18. The van der Waals surface area contributed by atoms with E-state index in [0.29, 0.717) is 0 Å². The summed E-state index contributed by atoms with van der Waals surface area (Å²) in [7, 11) is 2.06. The standard InChI is InChI=1S/C9H9BrN.3ClH.Zr/c1-6-3-7-5-9(10)11(2)8(7)4-6;;;;/h3-5H,1-2H3;3*1H;/q-1;;;;. The van der Waals surface area contributed by atoms with Crippen molar-refractivity contribution in [3.63, 3.8) is 0 Å². The second kappa shape index (κ2) is 8.25. The van der Waals surface area contributed by atoms with Crippen LogP contribution in [0, 0.1) is 6.92 Å². The minimum absolute atomic E-state index is 0. The molecule has 0 bridgehead atoms. The van der Waals surface area contributed by atoms with Crippen molar-refractivity contribution in [2.45, 2.75) is 6.92 Å². The van der Waals surface area contributed by atoms with Crippen molar-refractivity contribution in [1.29, 1.82) is 0 Å². The number of nitrogens with zero attached hydrogens (tertiary/aromatic N) is 1. The van der Waals surface area contributed by atoms with E-state index in [1.807, 2.05) is 0 Å². The summed E-state index contributed by atoms with van der Waals surface area (Å²) in [5.74, 6) is 0. The number of halogens is 4. The van der Waals surface area contributed by atoms with Gasteiger partial charge in [0.05, 0.1) is 0 Å². The molecule has 1 nitrogen and oxygen atoms in total. The normalized spacial score (nSPS) is 8.20. The van der Waals surface area contributed by atoms with Gasteiger partial charge in [0.1, 0.15) is 0 Å².